The van der Waals surface area contributed by atoms with E-state index in [1.807, 2.05) is 12.1 Å². The Morgan fingerprint density at radius 2 is 2.00 bits per heavy atom. The summed E-state index contributed by atoms with van der Waals surface area (Å²) in [5.41, 5.74) is 2.47. The summed E-state index contributed by atoms with van der Waals surface area (Å²) < 4.78 is 0. The number of benzene rings is 1. The molecule has 0 unspecified atom stereocenters. The number of hydrogen-bond acceptors (Lipinski definition) is 2. The Bertz CT molecular complexity index is 391. The number of halogens is 1. The number of nitrogens with one attached hydrogen (secondary N) is 1. The number of anilines is 1. The molecule has 0 saturated carbocycles. The Labute approximate surface area is 129 Å². The number of hydrogen-bond donors (Lipinski definition) is 1. The molecule has 0 aliphatic rings. The van der Waals surface area contributed by atoms with Crippen molar-refractivity contribution in [2.45, 2.75) is 46.6 Å². The molecule has 1 aromatic carbocycles. The molecule has 0 fully saturated rings. The van der Waals surface area contributed by atoms with Crippen molar-refractivity contribution in [3.63, 3.8) is 0 Å². The van der Waals surface area contributed by atoms with E-state index in [0.717, 1.165) is 24.7 Å². The van der Waals surface area contributed by atoms with Gasteiger partial charge in [-0.2, -0.15) is 0 Å². The van der Waals surface area contributed by atoms with Crippen LogP contribution in [0.4, 0.5) is 5.69 Å². The van der Waals surface area contributed by atoms with Gasteiger partial charge in [0.2, 0.25) is 0 Å². The SMILES string of the molecule is CCCCCN(C)c1cccc(Cl)c1CNCC(C)C. The van der Waals surface area contributed by atoms with Gasteiger partial charge in [-0.25, -0.2) is 0 Å². The minimum absolute atomic E-state index is 0.656. The zero-order valence-corrected chi connectivity index (χ0v) is 14.1. The third-order valence-corrected chi connectivity index (χ3v) is 3.81. The second kappa shape index (κ2) is 9.25. The molecule has 114 valence electrons. The Kier molecular flexibility index (Phi) is 8.01. The molecule has 1 aromatic rings. The van der Waals surface area contributed by atoms with E-state index in [1.165, 1.54) is 30.5 Å². The van der Waals surface area contributed by atoms with Gasteiger partial charge in [0.05, 0.1) is 0 Å². The molecule has 0 aliphatic carbocycles. The van der Waals surface area contributed by atoms with Crippen LogP contribution in [0.3, 0.4) is 0 Å². The Morgan fingerprint density at radius 1 is 1.25 bits per heavy atom. The van der Waals surface area contributed by atoms with Crippen LogP contribution in [0.2, 0.25) is 5.02 Å². The summed E-state index contributed by atoms with van der Waals surface area (Å²) in [7, 11) is 2.16. The predicted octanol–water partition coefficient (Wildman–Crippen LogP) is 4.71. The molecule has 2 nitrogen and oxygen atoms in total. The highest BCUT2D eigenvalue weighted by Crippen LogP contribution is 2.27. The summed E-state index contributed by atoms with van der Waals surface area (Å²) in [6.07, 6.45) is 3.77. The van der Waals surface area contributed by atoms with Crippen molar-refractivity contribution < 1.29 is 0 Å². The highest BCUT2D eigenvalue weighted by molar-refractivity contribution is 6.31. The summed E-state index contributed by atoms with van der Waals surface area (Å²) >= 11 is 6.38. The van der Waals surface area contributed by atoms with Gasteiger partial charge >= 0.3 is 0 Å². The lowest BCUT2D eigenvalue weighted by molar-refractivity contribution is 0.552. The lowest BCUT2D eigenvalue weighted by atomic mass is 10.1. The minimum Gasteiger partial charge on any atom is -0.374 e. The maximum absolute atomic E-state index is 6.38. The Hall–Kier alpha value is -0.730. The van der Waals surface area contributed by atoms with Crippen LogP contribution < -0.4 is 10.2 Å². The molecule has 3 heteroatoms. The zero-order valence-electron chi connectivity index (χ0n) is 13.4. The van der Waals surface area contributed by atoms with Crippen molar-refractivity contribution in [1.82, 2.24) is 5.32 Å². The number of nitrogens with zero attached hydrogens (tertiary/aromatic N) is 1. The molecular formula is C17H29ClN2. The molecule has 20 heavy (non-hydrogen) atoms. The highest BCUT2D eigenvalue weighted by atomic mass is 35.5. The third kappa shape index (κ3) is 5.72. The van der Waals surface area contributed by atoms with E-state index in [0.29, 0.717) is 5.92 Å². The summed E-state index contributed by atoms with van der Waals surface area (Å²) in [6, 6.07) is 6.20. The first-order chi connectivity index (χ1) is 9.56. The third-order valence-electron chi connectivity index (χ3n) is 3.46. The first-order valence-electron chi connectivity index (χ1n) is 7.75. The second-order valence-electron chi connectivity index (χ2n) is 5.89. The molecular weight excluding hydrogens is 268 g/mol. The van der Waals surface area contributed by atoms with Crippen LogP contribution in [0.1, 0.15) is 45.6 Å². The van der Waals surface area contributed by atoms with Gasteiger partial charge in [-0.3, -0.25) is 0 Å². The van der Waals surface area contributed by atoms with Gasteiger partial charge < -0.3 is 10.2 Å². The van der Waals surface area contributed by atoms with Crippen molar-refractivity contribution in [3.05, 3.63) is 28.8 Å². The van der Waals surface area contributed by atoms with E-state index in [9.17, 15) is 0 Å². The summed E-state index contributed by atoms with van der Waals surface area (Å²) in [5, 5.41) is 4.36. The van der Waals surface area contributed by atoms with Crippen LogP contribution in [0.15, 0.2) is 18.2 Å². The van der Waals surface area contributed by atoms with Gasteiger partial charge in [0, 0.05) is 36.4 Å². The largest absolute Gasteiger partial charge is 0.374 e. The monoisotopic (exact) mass is 296 g/mol. The van der Waals surface area contributed by atoms with Gasteiger partial charge in [-0.05, 0) is 31.0 Å². The van der Waals surface area contributed by atoms with Gasteiger partial charge in [0.25, 0.3) is 0 Å². The summed E-state index contributed by atoms with van der Waals surface area (Å²) in [4.78, 5) is 2.33. The van der Waals surface area contributed by atoms with Crippen LogP contribution in [-0.2, 0) is 6.54 Å². The average molecular weight is 297 g/mol. The fraction of sp³-hybridized carbons (Fsp3) is 0.647. The maximum Gasteiger partial charge on any atom is 0.0471 e. The second-order valence-corrected chi connectivity index (χ2v) is 6.30. The molecule has 1 N–H and O–H groups in total. The topological polar surface area (TPSA) is 15.3 Å². The van der Waals surface area contributed by atoms with E-state index >= 15 is 0 Å². The molecule has 0 amide bonds. The number of rotatable bonds is 9. The average Bonchev–Trinajstić information content (AvgIpc) is 2.40. The van der Waals surface area contributed by atoms with Gasteiger partial charge in [-0.15, -0.1) is 0 Å². The van der Waals surface area contributed by atoms with Crippen molar-refractivity contribution in [2.24, 2.45) is 5.92 Å². The molecule has 0 aliphatic heterocycles. The first-order valence-corrected chi connectivity index (χ1v) is 8.13. The lowest BCUT2D eigenvalue weighted by Gasteiger charge is -2.23. The Balaban J connectivity index is 2.71. The highest BCUT2D eigenvalue weighted by Gasteiger charge is 2.10. The van der Waals surface area contributed by atoms with E-state index in [4.69, 9.17) is 11.6 Å². The minimum atomic E-state index is 0.656. The molecule has 0 atom stereocenters. The van der Waals surface area contributed by atoms with Gasteiger partial charge in [0.1, 0.15) is 0 Å². The molecule has 0 radical (unpaired) electrons. The molecule has 0 heterocycles. The Morgan fingerprint density at radius 3 is 2.65 bits per heavy atom. The molecule has 0 saturated heterocycles. The van der Waals surface area contributed by atoms with Crippen molar-refractivity contribution >= 4 is 17.3 Å². The van der Waals surface area contributed by atoms with Gasteiger partial charge in [0.15, 0.2) is 0 Å². The smallest absolute Gasteiger partial charge is 0.0471 e. The molecule has 1 rings (SSSR count). The van der Waals surface area contributed by atoms with Crippen LogP contribution in [0.25, 0.3) is 0 Å². The van der Waals surface area contributed by atoms with Crippen molar-refractivity contribution in [1.29, 1.82) is 0 Å². The predicted molar refractivity (Wildman–Crippen MR) is 90.8 cm³/mol. The normalized spacial score (nSPS) is 11.1. The van der Waals surface area contributed by atoms with E-state index in [2.05, 4.69) is 44.1 Å². The van der Waals surface area contributed by atoms with E-state index in [-0.39, 0.29) is 0 Å². The first kappa shape index (κ1) is 17.3. The van der Waals surface area contributed by atoms with Crippen LogP contribution in [0, 0.1) is 5.92 Å². The summed E-state index contributed by atoms with van der Waals surface area (Å²) in [6.45, 7) is 9.62. The lowest BCUT2D eigenvalue weighted by Crippen LogP contribution is -2.24. The van der Waals surface area contributed by atoms with Crippen LogP contribution >= 0.6 is 11.6 Å². The standard InChI is InChI=1S/C17H29ClN2/c1-5-6-7-11-20(4)17-10-8-9-16(18)15(17)13-19-12-14(2)3/h8-10,14,19H,5-7,11-13H2,1-4H3. The van der Waals surface area contributed by atoms with Crippen molar-refractivity contribution in [2.75, 3.05) is 25.0 Å². The van der Waals surface area contributed by atoms with Crippen LogP contribution in [-0.4, -0.2) is 20.1 Å². The fourth-order valence-electron chi connectivity index (χ4n) is 2.29. The molecule has 0 aromatic heterocycles. The zero-order chi connectivity index (χ0) is 15.0. The summed E-state index contributed by atoms with van der Waals surface area (Å²) in [5.74, 6) is 0.656. The van der Waals surface area contributed by atoms with E-state index < -0.39 is 0 Å². The molecule has 0 spiro atoms. The molecule has 0 bridgehead atoms. The van der Waals surface area contributed by atoms with Crippen LogP contribution in [0.5, 0.6) is 0 Å². The van der Waals surface area contributed by atoms with E-state index in [1.54, 1.807) is 0 Å². The number of unbranched alkanes of at least 4 members (excludes halogenated alkanes) is 2. The quantitative estimate of drug-likeness (QED) is 0.664. The van der Waals surface area contributed by atoms with Crippen molar-refractivity contribution in [3.8, 4) is 0 Å². The fourth-order valence-corrected chi connectivity index (χ4v) is 2.52. The maximum atomic E-state index is 6.38. The van der Waals surface area contributed by atoms with Gasteiger partial charge in [-0.1, -0.05) is 51.3 Å².